The molecule has 0 saturated heterocycles. The van der Waals surface area contributed by atoms with Gasteiger partial charge in [-0.15, -0.1) is 11.8 Å². The number of para-hydroxylation sites is 1. The van der Waals surface area contributed by atoms with Crippen molar-refractivity contribution in [3.63, 3.8) is 0 Å². The van der Waals surface area contributed by atoms with Crippen molar-refractivity contribution in [2.75, 3.05) is 12.9 Å². The number of methoxy groups -OCH3 is 1. The number of aromatic nitrogens is 2. The van der Waals surface area contributed by atoms with Crippen molar-refractivity contribution >= 4 is 17.7 Å². The lowest BCUT2D eigenvalue weighted by Crippen LogP contribution is -2.32. The molecule has 5 nitrogen and oxygen atoms in total. The smallest absolute Gasteiger partial charge is 0.231 e. The monoisotopic (exact) mass is 403 g/mol. The number of benzene rings is 2. The molecule has 0 unspecified atom stereocenters. The summed E-state index contributed by atoms with van der Waals surface area (Å²) in [6.07, 6.45) is 3.44. The molecule has 8 heteroatoms. The first-order valence-corrected chi connectivity index (χ1v) is 9.45. The molecule has 0 aliphatic heterocycles. The number of thioether (sulfide) groups is 1. The molecule has 1 atom stereocenters. The maximum atomic E-state index is 13.3. The van der Waals surface area contributed by atoms with E-state index in [1.807, 2.05) is 35.9 Å². The Bertz CT molecular complexity index is 978. The molecule has 0 aliphatic rings. The second-order valence-electron chi connectivity index (χ2n) is 6.00. The third-order valence-electron chi connectivity index (χ3n) is 4.13. The van der Waals surface area contributed by atoms with E-state index < -0.39 is 17.7 Å². The van der Waals surface area contributed by atoms with Crippen LogP contribution in [-0.4, -0.2) is 28.3 Å². The lowest BCUT2D eigenvalue weighted by molar-refractivity contribution is -0.119. The Labute approximate surface area is 165 Å². The number of carbonyl (C=O) groups is 1. The molecule has 1 amide bonds. The van der Waals surface area contributed by atoms with Gasteiger partial charge in [0.05, 0.1) is 12.9 Å². The summed E-state index contributed by atoms with van der Waals surface area (Å²) in [5.74, 6) is -0.806. The van der Waals surface area contributed by atoms with Crippen LogP contribution >= 0.6 is 11.8 Å². The van der Waals surface area contributed by atoms with E-state index in [0.29, 0.717) is 16.5 Å². The average Bonchev–Trinajstić information content (AvgIpc) is 3.12. The fourth-order valence-corrected chi connectivity index (χ4v) is 3.49. The second kappa shape index (κ2) is 8.88. The minimum absolute atomic E-state index is 0.0428. The number of hydrogen-bond donors (Lipinski definition) is 1. The maximum Gasteiger partial charge on any atom is 0.231 e. The number of aryl methyl sites for hydroxylation is 1. The molecule has 0 fully saturated rings. The van der Waals surface area contributed by atoms with Crippen molar-refractivity contribution in [2.45, 2.75) is 10.9 Å². The van der Waals surface area contributed by atoms with E-state index in [1.165, 1.54) is 6.07 Å². The quantitative estimate of drug-likeness (QED) is 0.611. The number of ether oxygens (including phenoxy) is 1. The summed E-state index contributed by atoms with van der Waals surface area (Å²) in [6.45, 7) is 0. The van der Waals surface area contributed by atoms with Gasteiger partial charge in [-0.3, -0.25) is 4.79 Å². The highest BCUT2D eigenvalue weighted by molar-refractivity contribution is 8.00. The Morgan fingerprint density at radius 3 is 2.71 bits per heavy atom. The molecule has 1 aromatic heterocycles. The van der Waals surface area contributed by atoms with E-state index in [1.54, 1.807) is 19.5 Å². The van der Waals surface area contributed by atoms with Crippen LogP contribution in [0.2, 0.25) is 0 Å². The third kappa shape index (κ3) is 4.51. The van der Waals surface area contributed by atoms with Crippen molar-refractivity contribution in [1.29, 1.82) is 0 Å². The van der Waals surface area contributed by atoms with Gasteiger partial charge in [0, 0.05) is 29.9 Å². The zero-order valence-corrected chi connectivity index (χ0v) is 16.2. The standard InChI is InChI=1S/C20H19F2N3O2S/c1-25-10-9-23-20(25)19(14-5-3-4-6-17(14)27-2)24-18(26)12-28-13-7-8-15(21)16(22)11-13/h3-11,19H,12H2,1-2H3,(H,24,26)/t19-/m0/s1. The number of halogens is 2. The first-order chi connectivity index (χ1) is 13.5. The molecule has 28 heavy (non-hydrogen) atoms. The van der Waals surface area contributed by atoms with Crippen LogP contribution in [0.15, 0.2) is 59.8 Å². The Morgan fingerprint density at radius 2 is 2.04 bits per heavy atom. The van der Waals surface area contributed by atoms with E-state index in [4.69, 9.17) is 4.74 Å². The van der Waals surface area contributed by atoms with E-state index in [9.17, 15) is 13.6 Å². The molecule has 0 saturated carbocycles. The summed E-state index contributed by atoms with van der Waals surface area (Å²) in [5, 5.41) is 2.96. The van der Waals surface area contributed by atoms with Gasteiger partial charge in [-0.05, 0) is 24.3 Å². The van der Waals surface area contributed by atoms with Crippen molar-refractivity contribution in [1.82, 2.24) is 14.9 Å². The van der Waals surface area contributed by atoms with Gasteiger partial charge in [-0.2, -0.15) is 0 Å². The molecule has 1 heterocycles. The van der Waals surface area contributed by atoms with Gasteiger partial charge in [0.25, 0.3) is 0 Å². The van der Waals surface area contributed by atoms with Crippen molar-refractivity contribution in [2.24, 2.45) is 7.05 Å². The van der Waals surface area contributed by atoms with Gasteiger partial charge in [0.1, 0.15) is 17.6 Å². The van der Waals surface area contributed by atoms with Crippen LogP contribution in [0, 0.1) is 11.6 Å². The highest BCUT2D eigenvalue weighted by Gasteiger charge is 2.23. The number of amides is 1. The third-order valence-corrected chi connectivity index (χ3v) is 5.13. The lowest BCUT2D eigenvalue weighted by Gasteiger charge is -2.21. The molecule has 0 bridgehead atoms. The fourth-order valence-electron chi connectivity index (χ4n) is 2.76. The normalized spacial score (nSPS) is 11.9. The molecular weight excluding hydrogens is 384 g/mol. The van der Waals surface area contributed by atoms with E-state index in [-0.39, 0.29) is 11.7 Å². The summed E-state index contributed by atoms with van der Waals surface area (Å²) in [6, 6.07) is 10.4. The van der Waals surface area contributed by atoms with E-state index in [2.05, 4.69) is 10.3 Å². The molecule has 0 aliphatic carbocycles. The molecule has 2 aromatic carbocycles. The topological polar surface area (TPSA) is 56.1 Å². The fraction of sp³-hybridized carbons (Fsp3) is 0.200. The molecule has 3 aromatic rings. The van der Waals surface area contributed by atoms with Crippen LogP contribution in [-0.2, 0) is 11.8 Å². The Kier molecular flexibility index (Phi) is 6.30. The van der Waals surface area contributed by atoms with Crippen LogP contribution in [0.3, 0.4) is 0 Å². The van der Waals surface area contributed by atoms with Gasteiger partial charge in [-0.1, -0.05) is 18.2 Å². The average molecular weight is 403 g/mol. The summed E-state index contributed by atoms with van der Waals surface area (Å²) in [7, 11) is 3.40. The predicted octanol–water partition coefficient (Wildman–Crippen LogP) is 3.70. The highest BCUT2D eigenvalue weighted by Crippen LogP contribution is 2.29. The van der Waals surface area contributed by atoms with Crippen LogP contribution in [0.25, 0.3) is 0 Å². The van der Waals surface area contributed by atoms with Gasteiger partial charge in [0.2, 0.25) is 5.91 Å². The number of carbonyl (C=O) groups excluding carboxylic acids is 1. The molecule has 1 N–H and O–H groups in total. The summed E-state index contributed by atoms with van der Waals surface area (Å²) in [4.78, 5) is 17.4. The molecule has 0 spiro atoms. The number of imidazole rings is 1. The zero-order chi connectivity index (χ0) is 20.1. The number of hydrogen-bond acceptors (Lipinski definition) is 4. The summed E-state index contributed by atoms with van der Waals surface area (Å²) < 4.78 is 33.6. The Balaban J connectivity index is 1.78. The molecule has 0 radical (unpaired) electrons. The molecule has 3 rings (SSSR count). The van der Waals surface area contributed by atoms with Gasteiger partial charge in [0.15, 0.2) is 11.6 Å². The van der Waals surface area contributed by atoms with Crippen LogP contribution in [0.4, 0.5) is 8.78 Å². The Hall–Kier alpha value is -2.87. The van der Waals surface area contributed by atoms with Crippen LogP contribution in [0.1, 0.15) is 17.4 Å². The van der Waals surface area contributed by atoms with Crippen molar-refractivity contribution in [3.8, 4) is 5.75 Å². The highest BCUT2D eigenvalue weighted by atomic mass is 32.2. The van der Waals surface area contributed by atoms with Gasteiger partial charge in [-0.25, -0.2) is 13.8 Å². The van der Waals surface area contributed by atoms with Gasteiger partial charge < -0.3 is 14.6 Å². The van der Waals surface area contributed by atoms with Crippen molar-refractivity contribution in [3.05, 3.63) is 77.9 Å². The van der Waals surface area contributed by atoms with E-state index in [0.717, 1.165) is 29.5 Å². The number of rotatable bonds is 7. The largest absolute Gasteiger partial charge is 0.496 e. The van der Waals surface area contributed by atoms with E-state index >= 15 is 0 Å². The first kappa shape index (κ1) is 19.9. The zero-order valence-electron chi connectivity index (χ0n) is 15.4. The Morgan fingerprint density at radius 1 is 1.25 bits per heavy atom. The SMILES string of the molecule is COc1ccccc1[C@H](NC(=O)CSc1ccc(F)c(F)c1)c1nccn1C. The van der Waals surface area contributed by atoms with Gasteiger partial charge >= 0.3 is 0 Å². The minimum Gasteiger partial charge on any atom is -0.496 e. The maximum absolute atomic E-state index is 13.3. The molecular formula is C20H19F2N3O2S. The minimum atomic E-state index is -0.940. The summed E-state index contributed by atoms with van der Waals surface area (Å²) in [5.41, 5.74) is 0.769. The first-order valence-electron chi connectivity index (χ1n) is 8.47. The van der Waals surface area contributed by atoms with Crippen LogP contribution < -0.4 is 10.1 Å². The summed E-state index contributed by atoms with van der Waals surface area (Å²) >= 11 is 1.12. The predicted molar refractivity (Wildman–Crippen MR) is 103 cm³/mol. The van der Waals surface area contributed by atoms with Crippen LogP contribution in [0.5, 0.6) is 5.75 Å². The second-order valence-corrected chi connectivity index (χ2v) is 7.05. The lowest BCUT2D eigenvalue weighted by atomic mass is 10.0. The molecule has 146 valence electrons. The number of nitrogens with zero attached hydrogens (tertiary/aromatic N) is 2. The van der Waals surface area contributed by atoms with Crippen molar-refractivity contribution < 1.29 is 18.3 Å². The number of nitrogens with one attached hydrogen (secondary N) is 1.